The van der Waals surface area contributed by atoms with E-state index in [-0.39, 0.29) is 23.0 Å². The molecule has 1 amide bonds. The van der Waals surface area contributed by atoms with Gasteiger partial charge in [-0.2, -0.15) is 0 Å². The van der Waals surface area contributed by atoms with E-state index in [1.807, 2.05) is 18.7 Å². The van der Waals surface area contributed by atoms with Gasteiger partial charge in [-0.15, -0.1) is 0 Å². The Morgan fingerprint density at radius 1 is 1.25 bits per heavy atom. The largest absolute Gasteiger partial charge is 0.507 e. The van der Waals surface area contributed by atoms with Crippen LogP contribution in [0.15, 0.2) is 33.7 Å². The number of nitrogens with zero attached hydrogens (tertiary/aromatic N) is 1. The predicted octanol–water partition coefficient (Wildman–Crippen LogP) is 3.20. The highest BCUT2D eigenvalue weighted by Gasteiger charge is 2.26. The number of piperidine rings is 1. The second-order valence-electron chi connectivity index (χ2n) is 6.19. The molecule has 0 radical (unpaired) electrons. The van der Waals surface area contributed by atoms with E-state index in [1.165, 1.54) is 18.4 Å². The van der Waals surface area contributed by atoms with Crippen molar-refractivity contribution in [3.05, 3.63) is 51.6 Å². The van der Waals surface area contributed by atoms with E-state index < -0.39 is 0 Å². The minimum absolute atomic E-state index is 0.115. The molecular weight excluding hydrogens is 306 g/mol. The van der Waals surface area contributed by atoms with Crippen LogP contribution < -0.4 is 5.43 Å². The minimum Gasteiger partial charge on any atom is -0.507 e. The third-order valence-corrected chi connectivity index (χ3v) is 4.54. The third-order valence-electron chi connectivity index (χ3n) is 4.54. The average molecular weight is 331 g/mol. The van der Waals surface area contributed by atoms with Gasteiger partial charge in [0, 0.05) is 37.1 Å². The van der Waals surface area contributed by atoms with Gasteiger partial charge < -0.3 is 14.4 Å². The smallest absolute Gasteiger partial charge is 0.222 e. The van der Waals surface area contributed by atoms with Gasteiger partial charge in [-0.25, -0.2) is 0 Å². The second kappa shape index (κ2) is 7.99. The van der Waals surface area contributed by atoms with Gasteiger partial charge >= 0.3 is 0 Å². The van der Waals surface area contributed by atoms with Crippen molar-refractivity contribution in [3.8, 4) is 5.75 Å². The zero-order valence-electron chi connectivity index (χ0n) is 14.5. The van der Waals surface area contributed by atoms with Gasteiger partial charge in [0.15, 0.2) is 5.43 Å². The lowest BCUT2D eigenvalue weighted by Gasteiger charge is -2.31. The van der Waals surface area contributed by atoms with Gasteiger partial charge in [-0.1, -0.05) is 13.0 Å². The first-order valence-electron chi connectivity index (χ1n) is 8.38. The molecule has 1 N–H and O–H groups in total. The zero-order valence-corrected chi connectivity index (χ0v) is 14.5. The molecule has 0 unspecified atom stereocenters. The van der Waals surface area contributed by atoms with Crippen molar-refractivity contribution in [1.82, 2.24) is 4.90 Å². The Morgan fingerprint density at radius 3 is 2.54 bits per heavy atom. The molecule has 0 spiro atoms. The number of carbonyl (C=O) groups is 1. The van der Waals surface area contributed by atoms with Crippen LogP contribution in [0, 0.1) is 13.8 Å². The SMILES string of the molecule is CCC(=O)N1CCC(c2occc(=O)ccc(C)c(O)c2C)CC1. The molecule has 5 heteroatoms. The topological polar surface area (TPSA) is 70.8 Å². The quantitative estimate of drug-likeness (QED) is 0.903. The molecule has 0 bridgehead atoms. The fraction of sp³-hybridized carbons (Fsp3) is 0.474. The summed E-state index contributed by atoms with van der Waals surface area (Å²) < 4.78 is 5.73. The van der Waals surface area contributed by atoms with Crippen molar-refractivity contribution in [2.75, 3.05) is 13.1 Å². The van der Waals surface area contributed by atoms with Crippen LogP contribution in [0.25, 0.3) is 0 Å². The average Bonchev–Trinajstić information content (AvgIpc) is 2.61. The predicted molar refractivity (Wildman–Crippen MR) is 92.6 cm³/mol. The highest BCUT2D eigenvalue weighted by atomic mass is 16.3. The van der Waals surface area contributed by atoms with Crippen LogP contribution in [0.4, 0.5) is 0 Å². The number of carbonyl (C=O) groups excluding carboxylic acids is 1. The first kappa shape index (κ1) is 18.0. The third kappa shape index (κ3) is 4.16. The molecule has 0 saturated carbocycles. The summed E-state index contributed by atoms with van der Waals surface area (Å²) in [6.07, 6.45) is 3.45. The van der Waals surface area contributed by atoms with Crippen molar-refractivity contribution in [1.29, 1.82) is 0 Å². The maximum absolute atomic E-state index is 11.8. The zero-order chi connectivity index (χ0) is 17.7. The minimum atomic E-state index is -0.190. The molecule has 130 valence electrons. The van der Waals surface area contributed by atoms with E-state index in [1.54, 1.807) is 13.0 Å². The van der Waals surface area contributed by atoms with Crippen LogP contribution in [0.5, 0.6) is 5.75 Å². The van der Waals surface area contributed by atoms with Crippen molar-refractivity contribution in [2.45, 2.75) is 46.0 Å². The van der Waals surface area contributed by atoms with Gasteiger partial charge in [0.05, 0.1) is 6.26 Å². The van der Waals surface area contributed by atoms with E-state index in [4.69, 9.17) is 4.42 Å². The van der Waals surface area contributed by atoms with E-state index in [2.05, 4.69) is 0 Å². The number of hydrogen-bond donors (Lipinski definition) is 1. The fourth-order valence-electron chi connectivity index (χ4n) is 3.03. The Kier molecular flexibility index (Phi) is 6.01. The molecule has 1 aliphatic heterocycles. The molecule has 1 fully saturated rings. The summed E-state index contributed by atoms with van der Waals surface area (Å²) in [7, 11) is 0. The Hall–Kier alpha value is -2.30. The highest BCUT2D eigenvalue weighted by Crippen LogP contribution is 2.33. The van der Waals surface area contributed by atoms with Crippen molar-refractivity contribution >= 4 is 5.91 Å². The number of hydrogen-bond acceptors (Lipinski definition) is 4. The summed E-state index contributed by atoms with van der Waals surface area (Å²) in [5.74, 6) is 1.09. The van der Waals surface area contributed by atoms with Crippen LogP contribution in [0.2, 0.25) is 0 Å². The molecule has 1 saturated heterocycles. The van der Waals surface area contributed by atoms with E-state index in [0.717, 1.165) is 12.8 Å². The van der Waals surface area contributed by atoms with E-state index in [0.29, 0.717) is 36.4 Å². The summed E-state index contributed by atoms with van der Waals surface area (Å²) in [6.45, 7) is 6.82. The number of rotatable bonds is 2. The number of likely N-dealkylation sites (tertiary alicyclic amines) is 1. The van der Waals surface area contributed by atoms with Crippen LogP contribution in [0.1, 0.15) is 49.0 Å². The molecule has 0 atom stereocenters. The summed E-state index contributed by atoms with van der Waals surface area (Å²) >= 11 is 0. The van der Waals surface area contributed by atoms with Crippen LogP contribution in [-0.2, 0) is 4.79 Å². The maximum Gasteiger partial charge on any atom is 0.222 e. The first-order valence-corrected chi connectivity index (χ1v) is 8.38. The standard InChI is InChI=1S/C19H25NO4/c1-4-17(22)20-10-7-15(8-11-20)19-14(3)18(23)13(2)5-6-16(21)9-12-24-19/h5-6,9,12,15,23H,4,7-8,10-11H2,1-3H3. The number of aryl methyl sites for hydroxylation is 1. The van der Waals surface area contributed by atoms with Gasteiger partial charge in [-0.05, 0) is 38.3 Å². The lowest BCUT2D eigenvalue weighted by atomic mass is 9.91. The molecule has 0 aliphatic carbocycles. The van der Waals surface area contributed by atoms with Crippen molar-refractivity contribution < 1.29 is 14.3 Å². The lowest BCUT2D eigenvalue weighted by Crippen LogP contribution is -2.37. The molecule has 2 heterocycles. The van der Waals surface area contributed by atoms with Gasteiger partial charge in [-0.3, -0.25) is 9.59 Å². The van der Waals surface area contributed by atoms with E-state index >= 15 is 0 Å². The molecule has 1 aliphatic rings. The summed E-state index contributed by atoms with van der Waals surface area (Å²) in [5.41, 5.74) is 1.11. The monoisotopic (exact) mass is 331 g/mol. The van der Waals surface area contributed by atoms with Gasteiger partial charge in [0.2, 0.25) is 5.91 Å². The van der Waals surface area contributed by atoms with Gasteiger partial charge in [0.1, 0.15) is 11.5 Å². The number of amides is 1. The van der Waals surface area contributed by atoms with Crippen LogP contribution >= 0.6 is 0 Å². The number of aromatic hydroxyl groups is 1. The fourth-order valence-corrected chi connectivity index (χ4v) is 3.03. The normalized spacial score (nSPS) is 15.0. The van der Waals surface area contributed by atoms with Crippen LogP contribution in [-0.4, -0.2) is 29.0 Å². The van der Waals surface area contributed by atoms with Crippen LogP contribution in [0.3, 0.4) is 0 Å². The first-order chi connectivity index (χ1) is 11.4. The second-order valence-corrected chi connectivity index (χ2v) is 6.19. The summed E-state index contributed by atoms with van der Waals surface area (Å²) in [4.78, 5) is 25.3. The van der Waals surface area contributed by atoms with Crippen molar-refractivity contribution in [3.63, 3.8) is 0 Å². The Morgan fingerprint density at radius 2 is 1.92 bits per heavy atom. The molecule has 0 aromatic carbocycles. The highest BCUT2D eigenvalue weighted by molar-refractivity contribution is 5.75. The molecule has 24 heavy (non-hydrogen) atoms. The summed E-state index contributed by atoms with van der Waals surface area (Å²) in [5, 5.41) is 10.4. The lowest BCUT2D eigenvalue weighted by molar-refractivity contribution is -0.131. The Labute approximate surface area is 142 Å². The molecule has 1 aromatic rings. The molecule has 2 rings (SSSR count). The summed E-state index contributed by atoms with van der Waals surface area (Å²) in [6, 6.07) is 4.38. The molecule has 1 aromatic heterocycles. The molecule has 5 nitrogen and oxygen atoms in total. The van der Waals surface area contributed by atoms with E-state index in [9.17, 15) is 14.7 Å². The Balaban J connectivity index is 2.40. The Bertz CT molecular complexity index is 714. The molecular formula is C19H25NO4. The van der Waals surface area contributed by atoms with Crippen molar-refractivity contribution in [2.24, 2.45) is 0 Å². The van der Waals surface area contributed by atoms with Gasteiger partial charge in [0.25, 0.3) is 0 Å². The maximum atomic E-state index is 11.8.